The van der Waals surface area contributed by atoms with E-state index in [1.807, 2.05) is 12.1 Å². The van der Waals surface area contributed by atoms with E-state index in [1.54, 1.807) is 0 Å². The fourth-order valence-corrected chi connectivity index (χ4v) is 3.35. The van der Waals surface area contributed by atoms with Crippen molar-refractivity contribution in [2.75, 3.05) is 0 Å². The predicted molar refractivity (Wildman–Crippen MR) is 92.9 cm³/mol. The van der Waals surface area contributed by atoms with Crippen LogP contribution in [0.15, 0.2) is 53.0 Å². The first kappa shape index (κ1) is 15.1. The first-order valence-electron chi connectivity index (χ1n) is 7.39. The van der Waals surface area contributed by atoms with Crippen LogP contribution in [0.5, 0.6) is 0 Å². The summed E-state index contributed by atoms with van der Waals surface area (Å²) in [6, 6.07) is 17.9. The molecule has 2 aromatic carbocycles. The van der Waals surface area contributed by atoms with Crippen LogP contribution in [-0.4, -0.2) is 6.04 Å². The zero-order valence-corrected chi connectivity index (χ0v) is 14.4. The van der Waals surface area contributed by atoms with Gasteiger partial charge in [0.15, 0.2) is 0 Å². The summed E-state index contributed by atoms with van der Waals surface area (Å²) in [5.41, 5.74) is 2.75. The van der Waals surface area contributed by atoms with E-state index in [-0.39, 0.29) is 0 Å². The SMILES string of the molecule is C[C@H](NC1CC(c2ccc(Cl)cc2)C1)c1ccc(Br)cc1. The van der Waals surface area contributed by atoms with Crippen LogP contribution in [0.1, 0.15) is 42.9 Å². The van der Waals surface area contributed by atoms with Crippen molar-refractivity contribution >= 4 is 27.5 Å². The topological polar surface area (TPSA) is 12.0 Å². The molecule has 0 aliphatic heterocycles. The first-order valence-corrected chi connectivity index (χ1v) is 8.56. The Morgan fingerprint density at radius 3 is 2.29 bits per heavy atom. The van der Waals surface area contributed by atoms with E-state index < -0.39 is 0 Å². The molecule has 0 saturated heterocycles. The molecule has 1 saturated carbocycles. The predicted octanol–water partition coefficient (Wildman–Crippen LogP) is 5.70. The lowest BCUT2D eigenvalue weighted by Crippen LogP contribution is -2.41. The van der Waals surface area contributed by atoms with Gasteiger partial charge in [0, 0.05) is 21.6 Å². The van der Waals surface area contributed by atoms with Gasteiger partial charge in [0.05, 0.1) is 0 Å². The molecule has 1 aliphatic carbocycles. The van der Waals surface area contributed by atoms with Crippen molar-refractivity contribution in [3.63, 3.8) is 0 Å². The maximum absolute atomic E-state index is 5.94. The van der Waals surface area contributed by atoms with Crippen LogP contribution >= 0.6 is 27.5 Å². The number of hydrogen-bond donors (Lipinski definition) is 1. The third-order valence-electron chi connectivity index (χ3n) is 4.34. The lowest BCUT2D eigenvalue weighted by atomic mass is 9.75. The molecule has 1 N–H and O–H groups in total. The molecule has 1 fully saturated rings. The van der Waals surface area contributed by atoms with Crippen LogP contribution in [0, 0.1) is 0 Å². The molecular formula is C18H19BrClN. The highest BCUT2D eigenvalue weighted by Crippen LogP contribution is 2.38. The van der Waals surface area contributed by atoms with Crippen LogP contribution < -0.4 is 5.32 Å². The highest BCUT2D eigenvalue weighted by molar-refractivity contribution is 9.10. The summed E-state index contributed by atoms with van der Waals surface area (Å²) >= 11 is 9.42. The van der Waals surface area contributed by atoms with Gasteiger partial charge in [0.25, 0.3) is 0 Å². The zero-order chi connectivity index (χ0) is 14.8. The summed E-state index contributed by atoms with van der Waals surface area (Å²) in [6.07, 6.45) is 2.42. The van der Waals surface area contributed by atoms with Crippen molar-refractivity contribution in [2.45, 2.75) is 37.8 Å². The lowest BCUT2D eigenvalue weighted by molar-refractivity contribution is 0.271. The van der Waals surface area contributed by atoms with E-state index >= 15 is 0 Å². The average Bonchev–Trinajstić information content (AvgIpc) is 2.44. The minimum Gasteiger partial charge on any atom is -0.307 e. The minimum absolute atomic E-state index is 0.397. The summed E-state index contributed by atoms with van der Waals surface area (Å²) in [7, 11) is 0. The van der Waals surface area contributed by atoms with Crippen molar-refractivity contribution in [3.05, 3.63) is 69.2 Å². The highest BCUT2D eigenvalue weighted by atomic mass is 79.9. The Kier molecular flexibility index (Phi) is 4.68. The van der Waals surface area contributed by atoms with E-state index in [1.165, 1.54) is 24.0 Å². The van der Waals surface area contributed by atoms with E-state index in [2.05, 4.69) is 64.6 Å². The van der Waals surface area contributed by atoms with Crippen LogP contribution in [0.25, 0.3) is 0 Å². The number of nitrogens with one attached hydrogen (secondary N) is 1. The molecule has 0 unspecified atom stereocenters. The molecule has 0 bridgehead atoms. The largest absolute Gasteiger partial charge is 0.307 e. The highest BCUT2D eigenvalue weighted by Gasteiger charge is 2.30. The molecule has 2 aromatic rings. The summed E-state index contributed by atoms with van der Waals surface area (Å²) in [6.45, 7) is 2.23. The summed E-state index contributed by atoms with van der Waals surface area (Å²) in [4.78, 5) is 0. The quantitative estimate of drug-likeness (QED) is 0.734. The third-order valence-corrected chi connectivity index (χ3v) is 5.12. The van der Waals surface area contributed by atoms with Gasteiger partial charge in [-0.15, -0.1) is 0 Å². The average molecular weight is 365 g/mol. The Labute approximate surface area is 139 Å². The molecule has 110 valence electrons. The second-order valence-electron chi connectivity index (χ2n) is 5.86. The second kappa shape index (κ2) is 6.51. The van der Waals surface area contributed by atoms with Gasteiger partial charge >= 0.3 is 0 Å². The molecule has 0 heterocycles. The van der Waals surface area contributed by atoms with Gasteiger partial charge < -0.3 is 5.32 Å². The summed E-state index contributed by atoms with van der Waals surface area (Å²) in [5, 5.41) is 4.54. The Morgan fingerprint density at radius 2 is 1.67 bits per heavy atom. The number of rotatable bonds is 4. The van der Waals surface area contributed by atoms with Crippen LogP contribution in [0.2, 0.25) is 5.02 Å². The van der Waals surface area contributed by atoms with Crippen LogP contribution in [0.3, 0.4) is 0 Å². The molecular weight excluding hydrogens is 346 g/mol. The normalized spacial score (nSPS) is 22.6. The van der Waals surface area contributed by atoms with Gasteiger partial charge in [-0.3, -0.25) is 0 Å². The van der Waals surface area contributed by atoms with Crippen LogP contribution in [-0.2, 0) is 0 Å². The van der Waals surface area contributed by atoms with Gasteiger partial charge in [0.1, 0.15) is 0 Å². The molecule has 0 amide bonds. The maximum atomic E-state index is 5.94. The fraction of sp³-hybridized carbons (Fsp3) is 0.333. The lowest BCUT2D eigenvalue weighted by Gasteiger charge is -2.38. The maximum Gasteiger partial charge on any atom is 0.0406 e. The molecule has 1 aliphatic rings. The zero-order valence-electron chi connectivity index (χ0n) is 12.0. The van der Waals surface area contributed by atoms with Crippen molar-refractivity contribution in [2.24, 2.45) is 0 Å². The van der Waals surface area contributed by atoms with Gasteiger partial charge in [0.2, 0.25) is 0 Å². The van der Waals surface area contributed by atoms with Gasteiger partial charge in [-0.05, 0) is 61.1 Å². The van der Waals surface area contributed by atoms with E-state index in [9.17, 15) is 0 Å². The van der Waals surface area contributed by atoms with Crippen molar-refractivity contribution in [1.29, 1.82) is 0 Å². The molecule has 3 rings (SSSR count). The fourth-order valence-electron chi connectivity index (χ4n) is 2.96. The van der Waals surface area contributed by atoms with E-state index in [4.69, 9.17) is 11.6 Å². The number of hydrogen-bond acceptors (Lipinski definition) is 1. The Hall–Kier alpha value is -0.830. The van der Waals surface area contributed by atoms with E-state index in [0.717, 1.165) is 9.50 Å². The van der Waals surface area contributed by atoms with Crippen molar-refractivity contribution in [1.82, 2.24) is 5.32 Å². The Bertz CT molecular complexity index is 588. The monoisotopic (exact) mass is 363 g/mol. The molecule has 0 spiro atoms. The molecule has 1 nitrogen and oxygen atoms in total. The molecule has 1 atom stereocenters. The Morgan fingerprint density at radius 1 is 1.05 bits per heavy atom. The van der Waals surface area contributed by atoms with Gasteiger partial charge in [-0.25, -0.2) is 0 Å². The Balaban J connectivity index is 1.52. The first-order chi connectivity index (χ1) is 10.1. The van der Waals surface area contributed by atoms with Crippen molar-refractivity contribution in [3.8, 4) is 0 Å². The van der Waals surface area contributed by atoms with Gasteiger partial charge in [-0.1, -0.05) is 51.8 Å². The van der Waals surface area contributed by atoms with Crippen LogP contribution in [0.4, 0.5) is 0 Å². The van der Waals surface area contributed by atoms with Crippen molar-refractivity contribution < 1.29 is 0 Å². The third kappa shape index (κ3) is 3.68. The summed E-state index contributed by atoms with van der Waals surface area (Å²) < 4.78 is 1.13. The minimum atomic E-state index is 0.397. The molecule has 0 aromatic heterocycles. The number of halogens is 2. The smallest absolute Gasteiger partial charge is 0.0406 e. The standard InChI is InChI=1S/C18H19BrClN/c1-12(13-2-6-16(19)7-3-13)21-18-10-15(11-18)14-4-8-17(20)9-5-14/h2-9,12,15,18,21H,10-11H2,1H3/t12-,15?,18?/m0/s1. The van der Waals surface area contributed by atoms with E-state index in [0.29, 0.717) is 18.0 Å². The molecule has 0 radical (unpaired) electrons. The van der Waals surface area contributed by atoms with Gasteiger partial charge in [-0.2, -0.15) is 0 Å². The second-order valence-corrected chi connectivity index (χ2v) is 7.21. The molecule has 21 heavy (non-hydrogen) atoms. The number of benzene rings is 2. The summed E-state index contributed by atoms with van der Waals surface area (Å²) in [5.74, 6) is 0.678. The molecule has 3 heteroatoms.